The van der Waals surface area contributed by atoms with Gasteiger partial charge in [0.2, 0.25) is 0 Å². The van der Waals surface area contributed by atoms with Gasteiger partial charge in [-0.15, -0.1) is 24.0 Å². The Kier molecular flexibility index (Phi) is 9.46. The normalized spacial score (nSPS) is 17.6. The van der Waals surface area contributed by atoms with E-state index < -0.39 is 0 Å². The van der Waals surface area contributed by atoms with E-state index in [0.29, 0.717) is 25.4 Å². The predicted molar refractivity (Wildman–Crippen MR) is 143 cm³/mol. The molecule has 4 rings (SSSR count). The zero-order valence-electron chi connectivity index (χ0n) is 19.7. The number of guanidine groups is 1. The van der Waals surface area contributed by atoms with Gasteiger partial charge in [0.1, 0.15) is 0 Å². The number of piperazine rings is 1. The number of hydrogen-bond acceptors (Lipinski definition) is 4. The molecule has 0 spiro atoms. The summed E-state index contributed by atoms with van der Waals surface area (Å²) in [6.45, 7) is 11.0. The minimum absolute atomic E-state index is 0. The first-order valence-electron chi connectivity index (χ1n) is 11.8. The van der Waals surface area contributed by atoms with E-state index in [1.54, 1.807) is 18.4 Å². The number of anilines is 1. The molecule has 1 N–H and O–H groups in total. The third-order valence-electron chi connectivity index (χ3n) is 6.43. The van der Waals surface area contributed by atoms with Gasteiger partial charge in [0.05, 0.1) is 12.8 Å². The van der Waals surface area contributed by atoms with Crippen molar-refractivity contribution >= 4 is 41.5 Å². The molecule has 0 unspecified atom stereocenters. The Hall–Kier alpha value is -2.23. The van der Waals surface area contributed by atoms with Crippen molar-refractivity contribution in [2.75, 3.05) is 50.7 Å². The molecule has 0 radical (unpaired) electrons. The van der Waals surface area contributed by atoms with Gasteiger partial charge in [-0.25, -0.2) is 4.99 Å². The van der Waals surface area contributed by atoms with Crippen LogP contribution in [0.2, 0.25) is 0 Å². The second kappa shape index (κ2) is 12.3. The summed E-state index contributed by atoms with van der Waals surface area (Å²) < 4.78 is 5.26. The van der Waals surface area contributed by atoms with Gasteiger partial charge in [0.25, 0.3) is 5.91 Å². The zero-order valence-corrected chi connectivity index (χ0v) is 22.0. The van der Waals surface area contributed by atoms with E-state index in [2.05, 4.69) is 53.2 Å². The summed E-state index contributed by atoms with van der Waals surface area (Å²) in [6, 6.07) is 12.3. The minimum atomic E-state index is -0.0418. The maximum Gasteiger partial charge on any atom is 0.289 e. The third-order valence-corrected chi connectivity index (χ3v) is 6.43. The average molecular weight is 566 g/mol. The number of rotatable bonds is 5. The molecule has 2 aromatic rings. The first-order chi connectivity index (χ1) is 15.6. The molecule has 1 amide bonds. The number of piperidine rings is 1. The first-order valence-corrected chi connectivity index (χ1v) is 11.8. The van der Waals surface area contributed by atoms with Crippen molar-refractivity contribution in [1.29, 1.82) is 0 Å². The van der Waals surface area contributed by atoms with Crippen LogP contribution < -0.4 is 10.2 Å². The lowest BCUT2D eigenvalue weighted by Crippen LogP contribution is -2.53. The molecule has 33 heavy (non-hydrogen) atoms. The maximum absolute atomic E-state index is 12.5. The number of carbonyl (C=O) groups excluding carboxylic acids is 1. The van der Waals surface area contributed by atoms with Gasteiger partial charge in [0, 0.05) is 51.5 Å². The molecule has 7 nitrogen and oxygen atoms in total. The van der Waals surface area contributed by atoms with Crippen LogP contribution in [0.1, 0.15) is 42.8 Å². The van der Waals surface area contributed by atoms with Crippen LogP contribution in [0.5, 0.6) is 0 Å². The van der Waals surface area contributed by atoms with E-state index in [0.717, 1.165) is 44.6 Å². The topological polar surface area (TPSA) is 64.3 Å². The summed E-state index contributed by atoms with van der Waals surface area (Å²) in [6.07, 6.45) is 4.09. The van der Waals surface area contributed by atoms with E-state index in [-0.39, 0.29) is 29.9 Å². The Bertz CT molecular complexity index is 884. The van der Waals surface area contributed by atoms with Crippen LogP contribution in [0, 0.1) is 5.92 Å². The van der Waals surface area contributed by atoms with E-state index in [1.807, 2.05) is 4.90 Å². The largest absolute Gasteiger partial charge is 0.459 e. The summed E-state index contributed by atoms with van der Waals surface area (Å²) in [5, 5.41) is 3.41. The lowest BCUT2D eigenvalue weighted by molar-refractivity contribution is 0.0657. The molecule has 8 heteroatoms. The predicted octanol–water partition coefficient (Wildman–Crippen LogP) is 4.06. The van der Waals surface area contributed by atoms with Gasteiger partial charge in [-0.1, -0.05) is 19.1 Å². The highest BCUT2D eigenvalue weighted by Gasteiger charge is 2.25. The molecule has 2 aliphatic heterocycles. The number of nitrogens with one attached hydrogen (secondary N) is 1. The van der Waals surface area contributed by atoms with Crippen molar-refractivity contribution in [3.63, 3.8) is 0 Å². The molecule has 1 aromatic carbocycles. The van der Waals surface area contributed by atoms with E-state index in [4.69, 9.17) is 9.41 Å². The average Bonchev–Trinajstić information content (AvgIpc) is 3.37. The lowest BCUT2D eigenvalue weighted by atomic mass is 9.99. The molecule has 1 aromatic heterocycles. The van der Waals surface area contributed by atoms with Gasteiger partial charge in [-0.2, -0.15) is 0 Å². The molecule has 2 fully saturated rings. The van der Waals surface area contributed by atoms with Crippen molar-refractivity contribution in [3.05, 3.63) is 54.0 Å². The quantitative estimate of drug-likeness (QED) is 0.337. The second-order valence-corrected chi connectivity index (χ2v) is 8.76. The molecule has 180 valence electrons. The number of carbonyl (C=O) groups is 1. The summed E-state index contributed by atoms with van der Waals surface area (Å²) in [7, 11) is 0. The molecular formula is C25H36IN5O2. The molecule has 3 heterocycles. The zero-order chi connectivity index (χ0) is 22.3. The highest BCUT2D eigenvalue weighted by molar-refractivity contribution is 14.0. The monoisotopic (exact) mass is 565 g/mol. The number of hydrogen-bond donors (Lipinski definition) is 1. The SMILES string of the molecule is CCNC(=NCc1ccc(N2CCC(C)CC2)cc1)N1CCN(C(=O)c2ccco2)CC1.I. The van der Waals surface area contributed by atoms with Gasteiger partial charge in [-0.05, 0) is 55.5 Å². The molecule has 0 atom stereocenters. The first kappa shape index (κ1) is 25.4. The minimum Gasteiger partial charge on any atom is -0.459 e. The maximum atomic E-state index is 12.5. The number of aliphatic imine (C=N–C) groups is 1. The van der Waals surface area contributed by atoms with Crippen molar-refractivity contribution in [1.82, 2.24) is 15.1 Å². The smallest absolute Gasteiger partial charge is 0.289 e. The summed E-state index contributed by atoms with van der Waals surface area (Å²) >= 11 is 0. The summed E-state index contributed by atoms with van der Waals surface area (Å²) in [4.78, 5) is 23.9. The van der Waals surface area contributed by atoms with Crippen molar-refractivity contribution in [2.45, 2.75) is 33.2 Å². The second-order valence-electron chi connectivity index (χ2n) is 8.76. The van der Waals surface area contributed by atoms with Crippen LogP contribution in [0.25, 0.3) is 0 Å². The number of benzene rings is 1. The Labute approximate surface area is 214 Å². The molecule has 2 aliphatic rings. The van der Waals surface area contributed by atoms with Gasteiger partial charge < -0.3 is 24.4 Å². The van der Waals surface area contributed by atoms with Crippen LogP contribution in [0.15, 0.2) is 52.1 Å². The lowest BCUT2D eigenvalue weighted by Gasteiger charge is -2.36. The fourth-order valence-corrected chi connectivity index (χ4v) is 4.35. The third kappa shape index (κ3) is 6.65. The Morgan fingerprint density at radius 2 is 1.70 bits per heavy atom. The number of nitrogens with zero attached hydrogens (tertiary/aromatic N) is 4. The molecular weight excluding hydrogens is 529 g/mol. The summed E-state index contributed by atoms with van der Waals surface area (Å²) in [5.74, 6) is 2.11. The van der Waals surface area contributed by atoms with Crippen LogP contribution in [-0.2, 0) is 6.54 Å². The van der Waals surface area contributed by atoms with E-state index in [1.165, 1.54) is 24.1 Å². The standard InChI is InChI=1S/C25H35N5O2.HI/c1-3-26-25(30-16-14-29(15-17-30)24(31)23-5-4-18-32-23)27-19-21-6-8-22(9-7-21)28-12-10-20(2)11-13-28;/h4-9,18,20H,3,10-17,19H2,1-2H3,(H,26,27);1H. The van der Waals surface area contributed by atoms with Gasteiger partial charge >= 0.3 is 0 Å². The van der Waals surface area contributed by atoms with Gasteiger partial charge in [0.15, 0.2) is 11.7 Å². The fraction of sp³-hybridized carbons (Fsp3) is 0.520. The fourth-order valence-electron chi connectivity index (χ4n) is 4.35. The Morgan fingerprint density at radius 1 is 1.03 bits per heavy atom. The number of halogens is 1. The van der Waals surface area contributed by atoms with Crippen LogP contribution in [0.4, 0.5) is 5.69 Å². The summed E-state index contributed by atoms with van der Waals surface area (Å²) in [5.41, 5.74) is 2.52. The Morgan fingerprint density at radius 3 is 2.30 bits per heavy atom. The molecule has 0 bridgehead atoms. The highest BCUT2D eigenvalue weighted by atomic mass is 127. The van der Waals surface area contributed by atoms with Crippen LogP contribution in [-0.4, -0.2) is 67.5 Å². The van der Waals surface area contributed by atoms with Crippen molar-refractivity contribution in [3.8, 4) is 0 Å². The molecule has 2 saturated heterocycles. The van der Waals surface area contributed by atoms with E-state index >= 15 is 0 Å². The van der Waals surface area contributed by atoms with E-state index in [9.17, 15) is 4.79 Å². The van der Waals surface area contributed by atoms with Gasteiger partial charge in [-0.3, -0.25) is 4.79 Å². The Balaban J connectivity index is 0.00000306. The molecule has 0 aliphatic carbocycles. The van der Waals surface area contributed by atoms with Crippen LogP contribution >= 0.6 is 24.0 Å². The highest BCUT2D eigenvalue weighted by Crippen LogP contribution is 2.23. The van der Waals surface area contributed by atoms with Crippen molar-refractivity contribution < 1.29 is 9.21 Å². The number of amides is 1. The van der Waals surface area contributed by atoms with Crippen molar-refractivity contribution in [2.24, 2.45) is 10.9 Å². The van der Waals surface area contributed by atoms with Crippen LogP contribution in [0.3, 0.4) is 0 Å². The number of furan rings is 1. The molecule has 0 saturated carbocycles.